The number of carbonyl (C=O) groups excluding carboxylic acids is 1. The third-order valence-electron chi connectivity index (χ3n) is 2.50. The van der Waals surface area contributed by atoms with E-state index in [4.69, 9.17) is 5.73 Å². The monoisotopic (exact) mass is 215 g/mol. The fourth-order valence-electron chi connectivity index (χ4n) is 1.66. The first-order chi connectivity index (χ1) is 7.59. The lowest BCUT2D eigenvalue weighted by Gasteiger charge is -2.04. The highest BCUT2D eigenvalue weighted by Crippen LogP contribution is 2.22. The lowest BCUT2D eigenvalue weighted by atomic mass is 10.1. The molecule has 0 fully saturated rings. The largest absolute Gasteiger partial charge is 0.364 e. The number of aromatic nitrogens is 2. The zero-order valence-corrected chi connectivity index (χ0v) is 9.27. The molecule has 0 bridgehead atoms. The van der Waals surface area contributed by atoms with Gasteiger partial charge in [-0.05, 0) is 6.92 Å². The van der Waals surface area contributed by atoms with Crippen molar-refractivity contribution in [1.82, 2.24) is 9.55 Å². The molecule has 1 aromatic heterocycles. The van der Waals surface area contributed by atoms with E-state index < -0.39 is 5.91 Å². The fraction of sp³-hybridized carbons (Fsp3) is 0.167. The number of primary amides is 1. The molecule has 0 aliphatic rings. The average Bonchev–Trinajstić information content (AvgIpc) is 2.62. The Morgan fingerprint density at radius 1 is 1.31 bits per heavy atom. The van der Waals surface area contributed by atoms with E-state index >= 15 is 0 Å². The molecule has 4 heteroatoms. The molecule has 82 valence electrons. The number of nitrogens with zero attached hydrogens (tertiary/aromatic N) is 2. The second-order valence-electron chi connectivity index (χ2n) is 3.78. The van der Waals surface area contributed by atoms with E-state index in [0.717, 1.165) is 11.3 Å². The summed E-state index contributed by atoms with van der Waals surface area (Å²) in [4.78, 5) is 15.2. The summed E-state index contributed by atoms with van der Waals surface area (Å²) >= 11 is 0. The predicted octanol–water partition coefficient (Wildman–Crippen LogP) is 1.49. The summed E-state index contributed by atoms with van der Waals surface area (Å²) in [6, 6.07) is 7.90. The molecule has 2 rings (SSSR count). The van der Waals surface area contributed by atoms with Crippen LogP contribution in [-0.4, -0.2) is 15.5 Å². The number of benzene rings is 1. The van der Waals surface area contributed by atoms with E-state index in [0.29, 0.717) is 5.69 Å². The normalized spacial score (nSPS) is 10.4. The summed E-state index contributed by atoms with van der Waals surface area (Å²) < 4.78 is 1.80. The van der Waals surface area contributed by atoms with E-state index in [1.54, 1.807) is 10.9 Å². The minimum absolute atomic E-state index is 0.311. The van der Waals surface area contributed by atoms with Gasteiger partial charge in [-0.2, -0.15) is 0 Å². The predicted molar refractivity (Wildman–Crippen MR) is 61.9 cm³/mol. The topological polar surface area (TPSA) is 60.9 Å². The molecule has 2 aromatic rings. The van der Waals surface area contributed by atoms with E-state index in [1.165, 1.54) is 5.56 Å². The first kappa shape index (κ1) is 10.4. The number of hydrogen-bond acceptors (Lipinski definition) is 2. The Morgan fingerprint density at radius 3 is 2.50 bits per heavy atom. The third-order valence-corrected chi connectivity index (χ3v) is 2.50. The van der Waals surface area contributed by atoms with Crippen LogP contribution in [0.4, 0.5) is 0 Å². The number of carbonyl (C=O) groups is 1. The van der Waals surface area contributed by atoms with Crippen molar-refractivity contribution in [2.24, 2.45) is 12.8 Å². The van der Waals surface area contributed by atoms with Crippen LogP contribution in [0.3, 0.4) is 0 Å². The Morgan fingerprint density at radius 2 is 1.94 bits per heavy atom. The van der Waals surface area contributed by atoms with Crippen molar-refractivity contribution < 1.29 is 4.79 Å². The summed E-state index contributed by atoms with van der Waals surface area (Å²) in [6.45, 7) is 2.02. The highest BCUT2D eigenvalue weighted by molar-refractivity contribution is 5.97. The van der Waals surface area contributed by atoms with Gasteiger partial charge in [0.2, 0.25) is 0 Å². The number of aryl methyl sites for hydroxylation is 2. The lowest BCUT2D eigenvalue weighted by Crippen LogP contribution is -2.13. The SMILES string of the molecule is Cc1ccc(-c2c(C(N)=O)ncn2C)cc1. The molecule has 16 heavy (non-hydrogen) atoms. The van der Waals surface area contributed by atoms with Crippen molar-refractivity contribution >= 4 is 5.91 Å². The van der Waals surface area contributed by atoms with Crippen LogP contribution >= 0.6 is 0 Å². The maximum absolute atomic E-state index is 11.2. The first-order valence-electron chi connectivity index (χ1n) is 4.97. The highest BCUT2D eigenvalue weighted by Gasteiger charge is 2.15. The molecule has 0 unspecified atom stereocenters. The maximum Gasteiger partial charge on any atom is 0.269 e. The standard InChI is InChI=1S/C12H13N3O/c1-8-3-5-9(6-4-8)11-10(12(13)16)14-7-15(11)2/h3-7H,1-2H3,(H2,13,16). The quantitative estimate of drug-likeness (QED) is 0.825. The van der Waals surface area contributed by atoms with Crippen LogP contribution in [0.2, 0.25) is 0 Å². The van der Waals surface area contributed by atoms with Crippen LogP contribution < -0.4 is 5.73 Å². The molecule has 0 saturated heterocycles. The van der Waals surface area contributed by atoms with Crippen LogP contribution in [0.1, 0.15) is 16.1 Å². The Balaban J connectivity index is 2.58. The lowest BCUT2D eigenvalue weighted by molar-refractivity contribution is 0.0996. The van der Waals surface area contributed by atoms with Gasteiger partial charge in [-0.3, -0.25) is 4.79 Å². The molecule has 1 heterocycles. The van der Waals surface area contributed by atoms with Gasteiger partial charge in [-0.1, -0.05) is 29.8 Å². The molecule has 4 nitrogen and oxygen atoms in total. The van der Waals surface area contributed by atoms with Gasteiger partial charge >= 0.3 is 0 Å². The Kier molecular flexibility index (Phi) is 2.48. The van der Waals surface area contributed by atoms with Crippen molar-refractivity contribution in [3.05, 3.63) is 41.9 Å². The first-order valence-corrected chi connectivity index (χ1v) is 4.97. The van der Waals surface area contributed by atoms with E-state index in [-0.39, 0.29) is 0 Å². The highest BCUT2D eigenvalue weighted by atomic mass is 16.1. The maximum atomic E-state index is 11.2. The second-order valence-corrected chi connectivity index (χ2v) is 3.78. The van der Waals surface area contributed by atoms with Crippen LogP contribution in [-0.2, 0) is 7.05 Å². The van der Waals surface area contributed by atoms with Crippen LogP contribution in [0.25, 0.3) is 11.3 Å². The molecule has 0 atom stereocenters. The van der Waals surface area contributed by atoms with Crippen molar-refractivity contribution in [2.45, 2.75) is 6.92 Å². The van der Waals surface area contributed by atoms with Gasteiger partial charge < -0.3 is 10.3 Å². The Labute approximate surface area is 93.7 Å². The minimum Gasteiger partial charge on any atom is -0.364 e. The van der Waals surface area contributed by atoms with Gasteiger partial charge in [-0.25, -0.2) is 4.98 Å². The number of imidazole rings is 1. The number of nitrogens with two attached hydrogens (primary N) is 1. The van der Waals surface area contributed by atoms with Gasteiger partial charge in [-0.15, -0.1) is 0 Å². The number of hydrogen-bond donors (Lipinski definition) is 1. The van der Waals surface area contributed by atoms with Gasteiger partial charge in [0, 0.05) is 12.6 Å². The molecular formula is C12H13N3O. The van der Waals surface area contributed by atoms with Crippen molar-refractivity contribution in [2.75, 3.05) is 0 Å². The molecule has 0 aliphatic carbocycles. The minimum atomic E-state index is -0.504. The van der Waals surface area contributed by atoms with Crippen molar-refractivity contribution in [3.63, 3.8) is 0 Å². The third kappa shape index (κ3) is 1.69. The number of amides is 1. The summed E-state index contributed by atoms with van der Waals surface area (Å²) in [6.07, 6.45) is 1.59. The summed E-state index contributed by atoms with van der Waals surface area (Å²) in [5.74, 6) is -0.504. The van der Waals surface area contributed by atoms with Crippen LogP contribution in [0, 0.1) is 6.92 Å². The summed E-state index contributed by atoms with van der Waals surface area (Å²) in [5.41, 5.74) is 8.47. The van der Waals surface area contributed by atoms with Gasteiger partial charge in [0.25, 0.3) is 5.91 Å². The number of rotatable bonds is 2. The molecule has 0 spiro atoms. The Bertz CT molecular complexity index is 526. The molecule has 0 aliphatic heterocycles. The van der Waals surface area contributed by atoms with Gasteiger partial charge in [0.15, 0.2) is 5.69 Å². The molecule has 1 aromatic carbocycles. The van der Waals surface area contributed by atoms with Crippen molar-refractivity contribution in [3.8, 4) is 11.3 Å². The fourth-order valence-corrected chi connectivity index (χ4v) is 1.66. The van der Waals surface area contributed by atoms with Gasteiger partial charge in [0.1, 0.15) is 0 Å². The average molecular weight is 215 g/mol. The zero-order valence-electron chi connectivity index (χ0n) is 9.27. The van der Waals surface area contributed by atoms with E-state index in [9.17, 15) is 4.79 Å². The summed E-state index contributed by atoms with van der Waals surface area (Å²) in [5, 5.41) is 0. The Hall–Kier alpha value is -2.10. The second kappa shape index (κ2) is 3.81. The van der Waals surface area contributed by atoms with Crippen molar-refractivity contribution in [1.29, 1.82) is 0 Å². The summed E-state index contributed by atoms with van der Waals surface area (Å²) in [7, 11) is 1.84. The molecular weight excluding hydrogens is 202 g/mol. The smallest absolute Gasteiger partial charge is 0.269 e. The molecule has 1 amide bonds. The molecule has 2 N–H and O–H groups in total. The van der Waals surface area contributed by atoms with E-state index in [1.807, 2.05) is 38.2 Å². The van der Waals surface area contributed by atoms with Gasteiger partial charge in [0.05, 0.1) is 12.0 Å². The van der Waals surface area contributed by atoms with Crippen LogP contribution in [0.15, 0.2) is 30.6 Å². The molecule has 0 radical (unpaired) electrons. The zero-order chi connectivity index (χ0) is 11.7. The van der Waals surface area contributed by atoms with Crippen LogP contribution in [0.5, 0.6) is 0 Å². The van der Waals surface area contributed by atoms with E-state index in [2.05, 4.69) is 4.98 Å². The molecule has 0 saturated carbocycles.